The average molecular weight is 377 g/mol. The highest BCUT2D eigenvalue weighted by molar-refractivity contribution is 8.00. The first kappa shape index (κ1) is 19.3. The van der Waals surface area contributed by atoms with E-state index in [0.29, 0.717) is 28.6 Å². The largest absolute Gasteiger partial charge is 0.352 e. The Bertz CT molecular complexity index is 734. The number of carbonyl (C=O) groups is 2. The molecule has 0 fully saturated rings. The first-order valence-corrected chi connectivity index (χ1v) is 9.47. The third kappa shape index (κ3) is 6.11. The van der Waals surface area contributed by atoms with E-state index >= 15 is 0 Å². The van der Waals surface area contributed by atoms with E-state index in [-0.39, 0.29) is 17.1 Å². The lowest BCUT2D eigenvalue weighted by Crippen LogP contribution is -2.23. The summed E-state index contributed by atoms with van der Waals surface area (Å²) in [6, 6.07) is 14.6. The second-order valence-corrected chi connectivity index (χ2v) is 7.26. The van der Waals surface area contributed by atoms with Gasteiger partial charge in [-0.15, -0.1) is 11.8 Å². The van der Waals surface area contributed by atoms with Crippen molar-refractivity contribution in [1.82, 2.24) is 5.32 Å². The molecule has 0 heterocycles. The first-order valence-electron chi connectivity index (χ1n) is 8.04. The fraction of sp³-hybridized carbons (Fsp3) is 0.263. The van der Waals surface area contributed by atoms with E-state index in [9.17, 15) is 9.59 Å². The van der Waals surface area contributed by atoms with E-state index in [0.717, 1.165) is 5.56 Å². The van der Waals surface area contributed by atoms with Crippen molar-refractivity contribution >= 4 is 40.9 Å². The number of amides is 2. The molecule has 6 heteroatoms. The van der Waals surface area contributed by atoms with Gasteiger partial charge in [0.25, 0.3) is 5.91 Å². The van der Waals surface area contributed by atoms with Crippen LogP contribution in [0, 0.1) is 0 Å². The molecule has 0 aliphatic carbocycles. The minimum absolute atomic E-state index is 0.0983. The van der Waals surface area contributed by atoms with E-state index in [1.165, 1.54) is 0 Å². The molecule has 0 bridgehead atoms. The van der Waals surface area contributed by atoms with Crippen LogP contribution >= 0.6 is 23.4 Å². The minimum atomic E-state index is -0.149. The fourth-order valence-corrected chi connectivity index (χ4v) is 3.18. The standard InChI is InChI=1S/C19H21ClN2O2S/c1-3-21-19(24)15-5-4-6-17(11-15)22-18(23)12-25-13(2)14-7-9-16(20)10-8-14/h4-11,13H,3,12H2,1-2H3,(H,21,24)(H,22,23). The molecule has 0 aliphatic rings. The lowest BCUT2D eigenvalue weighted by molar-refractivity contribution is -0.113. The molecule has 0 saturated heterocycles. The first-order chi connectivity index (χ1) is 12.0. The summed E-state index contributed by atoms with van der Waals surface area (Å²) in [7, 11) is 0. The Kier molecular flexibility index (Phi) is 7.34. The van der Waals surface area contributed by atoms with Gasteiger partial charge in [-0.05, 0) is 49.7 Å². The van der Waals surface area contributed by atoms with Crippen LogP contribution in [0.3, 0.4) is 0 Å². The van der Waals surface area contributed by atoms with Gasteiger partial charge in [-0.1, -0.05) is 29.8 Å². The second kappa shape index (κ2) is 9.49. The van der Waals surface area contributed by atoms with Gasteiger partial charge in [-0.3, -0.25) is 9.59 Å². The molecule has 0 saturated carbocycles. The van der Waals surface area contributed by atoms with E-state index in [2.05, 4.69) is 17.6 Å². The molecule has 0 radical (unpaired) electrons. The van der Waals surface area contributed by atoms with Crippen LogP contribution in [-0.2, 0) is 4.79 Å². The Balaban J connectivity index is 1.88. The Morgan fingerprint density at radius 2 is 1.88 bits per heavy atom. The molecule has 0 spiro atoms. The zero-order valence-corrected chi connectivity index (χ0v) is 15.8. The molecule has 2 aromatic carbocycles. The number of hydrogen-bond acceptors (Lipinski definition) is 3. The normalized spacial score (nSPS) is 11.6. The fourth-order valence-electron chi connectivity index (χ4n) is 2.23. The lowest BCUT2D eigenvalue weighted by Gasteiger charge is -2.12. The molecule has 2 N–H and O–H groups in total. The van der Waals surface area contributed by atoms with Crippen molar-refractivity contribution in [3.63, 3.8) is 0 Å². The lowest BCUT2D eigenvalue weighted by atomic mass is 10.2. The molecule has 4 nitrogen and oxygen atoms in total. The van der Waals surface area contributed by atoms with Crippen LogP contribution in [0.15, 0.2) is 48.5 Å². The van der Waals surface area contributed by atoms with Crippen LogP contribution in [0.2, 0.25) is 5.02 Å². The summed E-state index contributed by atoms with van der Waals surface area (Å²) >= 11 is 7.44. The molecular weight excluding hydrogens is 356 g/mol. The monoisotopic (exact) mass is 376 g/mol. The topological polar surface area (TPSA) is 58.2 Å². The summed E-state index contributed by atoms with van der Waals surface area (Å²) in [4.78, 5) is 24.0. The number of thioether (sulfide) groups is 1. The van der Waals surface area contributed by atoms with Crippen molar-refractivity contribution in [2.24, 2.45) is 0 Å². The van der Waals surface area contributed by atoms with Crippen LogP contribution in [0.1, 0.15) is 35.0 Å². The Morgan fingerprint density at radius 1 is 1.16 bits per heavy atom. The summed E-state index contributed by atoms with van der Waals surface area (Å²) in [6.45, 7) is 4.48. The van der Waals surface area contributed by atoms with Gasteiger partial charge in [0.15, 0.2) is 0 Å². The second-order valence-electron chi connectivity index (χ2n) is 5.49. The molecule has 2 aromatic rings. The van der Waals surface area contributed by atoms with Gasteiger partial charge in [-0.2, -0.15) is 0 Å². The maximum atomic E-state index is 12.2. The molecular formula is C19H21ClN2O2S. The average Bonchev–Trinajstić information content (AvgIpc) is 2.61. The molecule has 25 heavy (non-hydrogen) atoms. The van der Waals surface area contributed by atoms with Gasteiger partial charge in [0.2, 0.25) is 5.91 Å². The van der Waals surface area contributed by atoms with Crippen LogP contribution in [-0.4, -0.2) is 24.1 Å². The number of anilines is 1. The minimum Gasteiger partial charge on any atom is -0.352 e. The third-order valence-electron chi connectivity index (χ3n) is 3.55. The van der Waals surface area contributed by atoms with E-state index in [1.807, 2.05) is 31.2 Å². The Labute approximate surface area is 157 Å². The van der Waals surface area contributed by atoms with E-state index in [4.69, 9.17) is 11.6 Å². The van der Waals surface area contributed by atoms with Gasteiger partial charge < -0.3 is 10.6 Å². The summed E-state index contributed by atoms with van der Waals surface area (Å²) in [5, 5.41) is 6.46. The predicted molar refractivity (Wildman–Crippen MR) is 105 cm³/mol. The number of nitrogens with one attached hydrogen (secondary N) is 2. The maximum absolute atomic E-state index is 12.2. The number of halogens is 1. The van der Waals surface area contributed by atoms with Crippen LogP contribution in [0.4, 0.5) is 5.69 Å². The smallest absolute Gasteiger partial charge is 0.251 e. The zero-order valence-electron chi connectivity index (χ0n) is 14.2. The van der Waals surface area contributed by atoms with Crippen molar-refractivity contribution < 1.29 is 9.59 Å². The molecule has 2 amide bonds. The van der Waals surface area contributed by atoms with Gasteiger partial charge in [0.05, 0.1) is 5.75 Å². The van der Waals surface area contributed by atoms with Crippen LogP contribution in [0.25, 0.3) is 0 Å². The van der Waals surface area contributed by atoms with E-state index < -0.39 is 0 Å². The van der Waals surface area contributed by atoms with Crippen molar-refractivity contribution in [3.05, 3.63) is 64.7 Å². The number of hydrogen-bond donors (Lipinski definition) is 2. The summed E-state index contributed by atoms with van der Waals surface area (Å²) in [5.41, 5.74) is 2.27. The van der Waals surface area contributed by atoms with Crippen molar-refractivity contribution in [2.45, 2.75) is 19.1 Å². The molecule has 0 aromatic heterocycles. The van der Waals surface area contributed by atoms with Gasteiger partial charge in [0, 0.05) is 28.1 Å². The number of benzene rings is 2. The highest BCUT2D eigenvalue weighted by atomic mass is 35.5. The molecule has 1 unspecified atom stereocenters. The molecule has 132 valence electrons. The van der Waals surface area contributed by atoms with Crippen LogP contribution < -0.4 is 10.6 Å². The third-order valence-corrected chi connectivity index (χ3v) is 5.00. The van der Waals surface area contributed by atoms with Crippen molar-refractivity contribution in [2.75, 3.05) is 17.6 Å². The maximum Gasteiger partial charge on any atom is 0.251 e. The van der Waals surface area contributed by atoms with Gasteiger partial charge in [-0.25, -0.2) is 0 Å². The highest BCUT2D eigenvalue weighted by Crippen LogP contribution is 2.28. The Morgan fingerprint density at radius 3 is 2.56 bits per heavy atom. The SMILES string of the molecule is CCNC(=O)c1cccc(NC(=O)CSC(C)c2ccc(Cl)cc2)c1. The predicted octanol–water partition coefficient (Wildman–Crippen LogP) is 4.52. The number of carbonyl (C=O) groups excluding carboxylic acids is 2. The molecule has 2 rings (SSSR count). The quantitative estimate of drug-likeness (QED) is 0.746. The van der Waals surface area contributed by atoms with Crippen molar-refractivity contribution in [1.29, 1.82) is 0 Å². The van der Waals surface area contributed by atoms with Crippen LogP contribution in [0.5, 0.6) is 0 Å². The van der Waals surface area contributed by atoms with Gasteiger partial charge in [0.1, 0.15) is 0 Å². The Hall–Kier alpha value is -1.98. The number of rotatable bonds is 7. The highest BCUT2D eigenvalue weighted by Gasteiger charge is 2.11. The molecule has 1 atom stereocenters. The van der Waals surface area contributed by atoms with Crippen molar-refractivity contribution in [3.8, 4) is 0 Å². The molecule has 0 aliphatic heterocycles. The zero-order chi connectivity index (χ0) is 18.2. The van der Waals surface area contributed by atoms with Gasteiger partial charge >= 0.3 is 0 Å². The summed E-state index contributed by atoms with van der Waals surface area (Å²) in [5.74, 6) is 0.0815. The summed E-state index contributed by atoms with van der Waals surface area (Å²) < 4.78 is 0. The summed E-state index contributed by atoms with van der Waals surface area (Å²) in [6.07, 6.45) is 0. The van der Waals surface area contributed by atoms with E-state index in [1.54, 1.807) is 36.0 Å².